The van der Waals surface area contributed by atoms with Crippen LogP contribution in [0.1, 0.15) is 53.5 Å². The van der Waals surface area contributed by atoms with E-state index in [0.717, 1.165) is 23.4 Å². The van der Waals surface area contributed by atoms with Crippen molar-refractivity contribution in [2.24, 2.45) is 0 Å². The van der Waals surface area contributed by atoms with Gasteiger partial charge in [-0.1, -0.05) is 38.1 Å². The van der Waals surface area contributed by atoms with Gasteiger partial charge in [0.05, 0.1) is 5.01 Å². The van der Waals surface area contributed by atoms with E-state index in [1.807, 2.05) is 17.5 Å². The summed E-state index contributed by atoms with van der Waals surface area (Å²) >= 11 is 1.61. The molecular formula is C16H19NOS. The van der Waals surface area contributed by atoms with Gasteiger partial charge >= 0.3 is 0 Å². The van der Waals surface area contributed by atoms with Gasteiger partial charge in [-0.05, 0) is 17.9 Å². The number of benzene rings is 1. The van der Waals surface area contributed by atoms with Crippen LogP contribution in [0.5, 0.6) is 0 Å². The van der Waals surface area contributed by atoms with Crippen molar-refractivity contribution in [3.8, 4) is 0 Å². The highest BCUT2D eigenvalue weighted by molar-refractivity contribution is 7.09. The Hall–Kier alpha value is -1.48. The van der Waals surface area contributed by atoms with Crippen LogP contribution < -0.4 is 0 Å². The summed E-state index contributed by atoms with van der Waals surface area (Å²) in [4.78, 5) is 16.3. The summed E-state index contributed by atoms with van der Waals surface area (Å²) in [5.41, 5.74) is 2.11. The Morgan fingerprint density at radius 3 is 2.63 bits per heavy atom. The molecule has 0 fully saturated rings. The maximum atomic E-state index is 12.1. The topological polar surface area (TPSA) is 30.0 Å². The summed E-state index contributed by atoms with van der Waals surface area (Å²) in [5.74, 6) is 0.755. The molecule has 0 N–H and O–H groups in total. The van der Waals surface area contributed by atoms with Crippen LogP contribution >= 0.6 is 11.3 Å². The number of hydrogen-bond acceptors (Lipinski definition) is 3. The minimum absolute atomic E-state index is 0.200. The van der Waals surface area contributed by atoms with Crippen LogP contribution in [0, 0.1) is 0 Å². The molecule has 1 aromatic heterocycles. The van der Waals surface area contributed by atoms with Crippen molar-refractivity contribution in [3.63, 3.8) is 0 Å². The summed E-state index contributed by atoms with van der Waals surface area (Å²) in [6, 6.07) is 8.05. The van der Waals surface area contributed by atoms with Crippen LogP contribution in [0.2, 0.25) is 0 Å². The molecule has 100 valence electrons. The number of Topliss-reactive ketones (excluding diaryl/α,β-unsaturated/α-hetero) is 1. The number of rotatable bonds is 6. The largest absolute Gasteiger partial charge is 0.294 e. The Balaban J connectivity index is 1.95. The molecule has 0 saturated carbocycles. The first kappa shape index (κ1) is 13.9. The molecule has 0 aliphatic heterocycles. The molecule has 0 bridgehead atoms. The molecule has 0 saturated heterocycles. The molecule has 0 amide bonds. The maximum Gasteiger partial charge on any atom is 0.163 e. The number of carbonyl (C=O) groups is 1. The monoisotopic (exact) mass is 273 g/mol. The van der Waals surface area contributed by atoms with E-state index in [0.29, 0.717) is 12.3 Å². The normalized spacial score (nSPS) is 12.3. The van der Waals surface area contributed by atoms with E-state index >= 15 is 0 Å². The van der Waals surface area contributed by atoms with Crippen LogP contribution in [0.4, 0.5) is 0 Å². The first-order valence-corrected chi connectivity index (χ1v) is 7.60. The number of ketones is 1. The van der Waals surface area contributed by atoms with E-state index < -0.39 is 0 Å². The lowest BCUT2D eigenvalue weighted by molar-refractivity contribution is 0.0983. The van der Waals surface area contributed by atoms with E-state index in [1.54, 1.807) is 17.5 Å². The van der Waals surface area contributed by atoms with Gasteiger partial charge in [-0.2, -0.15) is 0 Å². The van der Waals surface area contributed by atoms with Gasteiger partial charge in [0.25, 0.3) is 0 Å². The molecule has 2 aromatic rings. The number of carbonyl (C=O) groups excluding carboxylic acids is 1. The van der Waals surface area contributed by atoms with Crippen LogP contribution in [-0.4, -0.2) is 10.8 Å². The van der Waals surface area contributed by atoms with E-state index in [9.17, 15) is 4.79 Å². The van der Waals surface area contributed by atoms with Gasteiger partial charge in [-0.25, -0.2) is 4.98 Å². The fraction of sp³-hybridized carbons (Fsp3) is 0.375. The van der Waals surface area contributed by atoms with Crippen LogP contribution in [0.3, 0.4) is 0 Å². The highest BCUT2D eigenvalue weighted by Gasteiger charge is 2.08. The summed E-state index contributed by atoms with van der Waals surface area (Å²) in [7, 11) is 0. The van der Waals surface area contributed by atoms with Crippen LogP contribution in [0.15, 0.2) is 35.8 Å². The molecule has 2 rings (SSSR count). The molecule has 3 heteroatoms. The molecule has 1 heterocycles. The second-order valence-corrected chi connectivity index (χ2v) is 5.76. The Bertz CT molecular complexity index is 516. The SMILES string of the molecule is CCC(C)c1ccc(C(=O)CCc2nccs2)cc1. The van der Waals surface area contributed by atoms with Gasteiger partial charge in [-0.3, -0.25) is 4.79 Å². The zero-order chi connectivity index (χ0) is 13.7. The molecule has 0 aliphatic rings. The number of nitrogens with zero attached hydrogens (tertiary/aromatic N) is 1. The zero-order valence-electron chi connectivity index (χ0n) is 11.4. The summed E-state index contributed by atoms with van der Waals surface area (Å²) in [6.07, 6.45) is 4.18. The number of hydrogen-bond donors (Lipinski definition) is 0. The first-order valence-electron chi connectivity index (χ1n) is 6.72. The number of aryl methyl sites for hydroxylation is 1. The Labute approximate surface area is 118 Å². The molecule has 1 unspecified atom stereocenters. The van der Waals surface area contributed by atoms with Crippen LogP contribution in [0.25, 0.3) is 0 Å². The summed E-state index contributed by atoms with van der Waals surface area (Å²) < 4.78 is 0. The average Bonchev–Trinajstić information content (AvgIpc) is 2.97. The average molecular weight is 273 g/mol. The van der Waals surface area contributed by atoms with Gasteiger partial charge in [0.2, 0.25) is 0 Å². The lowest BCUT2D eigenvalue weighted by Crippen LogP contribution is -2.01. The standard InChI is InChI=1S/C16H19NOS/c1-3-12(2)13-4-6-14(7-5-13)15(18)8-9-16-17-10-11-19-16/h4-7,10-12H,3,8-9H2,1-2H3. The summed E-state index contributed by atoms with van der Waals surface area (Å²) in [6.45, 7) is 4.39. The minimum atomic E-state index is 0.200. The molecule has 0 radical (unpaired) electrons. The fourth-order valence-corrected chi connectivity index (χ4v) is 2.59. The fourth-order valence-electron chi connectivity index (χ4n) is 1.97. The van der Waals surface area contributed by atoms with Gasteiger partial charge in [0, 0.05) is 30.0 Å². The predicted molar refractivity (Wildman–Crippen MR) is 79.9 cm³/mol. The Morgan fingerprint density at radius 1 is 1.32 bits per heavy atom. The lowest BCUT2D eigenvalue weighted by Gasteiger charge is -2.09. The van der Waals surface area contributed by atoms with Crippen molar-refractivity contribution in [2.75, 3.05) is 0 Å². The van der Waals surface area contributed by atoms with E-state index in [1.165, 1.54) is 5.56 Å². The van der Waals surface area contributed by atoms with Crippen molar-refractivity contribution in [3.05, 3.63) is 52.0 Å². The second-order valence-electron chi connectivity index (χ2n) is 4.78. The molecule has 1 aromatic carbocycles. The second kappa shape index (κ2) is 6.62. The number of aromatic nitrogens is 1. The summed E-state index contributed by atoms with van der Waals surface area (Å²) in [5, 5.41) is 2.98. The molecule has 0 aliphatic carbocycles. The first-order chi connectivity index (χ1) is 9.20. The quantitative estimate of drug-likeness (QED) is 0.727. The highest BCUT2D eigenvalue weighted by Crippen LogP contribution is 2.19. The van der Waals surface area contributed by atoms with Crippen molar-refractivity contribution >= 4 is 17.1 Å². The van der Waals surface area contributed by atoms with Gasteiger partial charge in [-0.15, -0.1) is 11.3 Å². The molecular weight excluding hydrogens is 254 g/mol. The molecule has 1 atom stereocenters. The Morgan fingerprint density at radius 2 is 2.05 bits per heavy atom. The molecule has 0 spiro atoms. The third-order valence-electron chi connectivity index (χ3n) is 3.46. The van der Waals surface area contributed by atoms with Crippen molar-refractivity contribution in [1.29, 1.82) is 0 Å². The van der Waals surface area contributed by atoms with Gasteiger partial charge < -0.3 is 0 Å². The Kier molecular flexibility index (Phi) is 4.86. The smallest absolute Gasteiger partial charge is 0.163 e. The maximum absolute atomic E-state index is 12.1. The van der Waals surface area contributed by atoms with E-state index in [2.05, 4.69) is 31.0 Å². The molecule has 2 nitrogen and oxygen atoms in total. The lowest BCUT2D eigenvalue weighted by atomic mass is 9.96. The third-order valence-corrected chi connectivity index (χ3v) is 4.30. The van der Waals surface area contributed by atoms with Gasteiger partial charge in [0.15, 0.2) is 5.78 Å². The zero-order valence-corrected chi connectivity index (χ0v) is 12.2. The predicted octanol–water partition coefficient (Wildman–Crippen LogP) is 4.47. The highest BCUT2D eigenvalue weighted by atomic mass is 32.1. The minimum Gasteiger partial charge on any atom is -0.294 e. The van der Waals surface area contributed by atoms with Gasteiger partial charge in [0.1, 0.15) is 0 Å². The van der Waals surface area contributed by atoms with Crippen molar-refractivity contribution < 1.29 is 4.79 Å². The van der Waals surface area contributed by atoms with Crippen LogP contribution in [-0.2, 0) is 6.42 Å². The molecule has 19 heavy (non-hydrogen) atoms. The van der Waals surface area contributed by atoms with E-state index in [-0.39, 0.29) is 5.78 Å². The third kappa shape index (κ3) is 3.74. The van der Waals surface area contributed by atoms with Crippen molar-refractivity contribution in [2.45, 2.75) is 39.0 Å². The number of thiazole rings is 1. The van der Waals surface area contributed by atoms with Crippen molar-refractivity contribution in [1.82, 2.24) is 4.98 Å². The van der Waals surface area contributed by atoms with E-state index in [4.69, 9.17) is 0 Å².